The number of hydrogen-bond donors (Lipinski definition) is 1. The van der Waals surface area contributed by atoms with E-state index >= 15 is 0 Å². The highest BCUT2D eigenvalue weighted by atomic mass is 32.1. The van der Waals surface area contributed by atoms with Gasteiger partial charge in [0.05, 0.1) is 6.42 Å². The number of nitrogens with one attached hydrogen (secondary N) is 1. The second-order valence-electron chi connectivity index (χ2n) is 8.21. The van der Waals surface area contributed by atoms with Crippen LogP contribution in [0.3, 0.4) is 0 Å². The van der Waals surface area contributed by atoms with Crippen molar-refractivity contribution in [2.24, 2.45) is 0 Å². The number of carbonyl (C=O) groups is 2. The summed E-state index contributed by atoms with van der Waals surface area (Å²) in [6, 6.07) is 18.8. The van der Waals surface area contributed by atoms with Gasteiger partial charge < -0.3 is 10.2 Å². The minimum atomic E-state index is -0.755. The number of nitrogens with zero attached hydrogens (tertiary/aromatic N) is 1. The van der Waals surface area contributed by atoms with E-state index in [4.69, 9.17) is 0 Å². The predicted molar refractivity (Wildman–Crippen MR) is 125 cm³/mol. The molecule has 6 heteroatoms. The maximum atomic E-state index is 13.5. The van der Waals surface area contributed by atoms with E-state index in [0.717, 1.165) is 41.7 Å². The van der Waals surface area contributed by atoms with Crippen molar-refractivity contribution in [3.05, 3.63) is 93.9 Å². The molecule has 1 aromatic heterocycles. The molecule has 1 aliphatic rings. The van der Waals surface area contributed by atoms with Crippen molar-refractivity contribution in [1.82, 2.24) is 10.2 Å². The lowest BCUT2D eigenvalue weighted by Crippen LogP contribution is -2.46. The normalized spacial score (nSPS) is 14.8. The minimum absolute atomic E-state index is 0.132. The summed E-state index contributed by atoms with van der Waals surface area (Å²) < 4.78 is 13.5. The molecule has 4 rings (SSSR count). The van der Waals surface area contributed by atoms with E-state index in [1.165, 1.54) is 23.5 Å². The van der Waals surface area contributed by atoms with E-state index in [1.807, 2.05) is 47.8 Å². The summed E-state index contributed by atoms with van der Waals surface area (Å²) in [5.74, 6) is -0.624. The van der Waals surface area contributed by atoms with Crippen LogP contribution < -0.4 is 5.32 Å². The first-order valence-corrected chi connectivity index (χ1v) is 11.9. The monoisotopic (exact) mass is 450 g/mol. The summed E-state index contributed by atoms with van der Waals surface area (Å²) in [6.45, 7) is 0.224. The fourth-order valence-corrected chi connectivity index (χ4v) is 4.93. The van der Waals surface area contributed by atoms with Crippen molar-refractivity contribution in [1.29, 1.82) is 0 Å². The van der Waals surface area contributed by atoms with Gasteiger partial charge in [-0.2, -0.15) is 0 Å². The molecule has 166 valence electrons. The van der Waals surface area contributed by atoms with Crippen molar-refractivity contribution in [3.63, 3.8) is 0 Å². The van der Waals surface area contributed by atoms with Crippen LogP contribution in [0, 0.1) is 5.82 Å². The van der Waals surface area contributed by atoms with Gasteiger partial charge in [0.1, 0.15) is 11.9 Å². The van der Waals surface area contributed by atoms with Gasteiger partial charge in [-0.1, -0.05) is 61.4 Å². The highest BCUT2D eigenvalue weighted by molar-refractivity contribution is 7.10. The Morgan fingerprint density at radius 3 is 2.38 bits per heavy atom. The number of hydrogen-bond acceptors (Lipinski definition) is 3. The van der Waals surface area contributed by atoms with Gasteiger partial charge in [0.15, 0.2) is 0 Å². The molecule has 2 aromatic carbocycles. The van der Waals surface area contributed by atoms with Crippen molar-refractivity contribution in [3.8, 4) is 0 Å². The first-order chi connectivity index (χ1) is 15.6. The summed E-state index contributed by atoms with van der Waals surface area (Å²) >= 11 is 1.52. The molecule has 0 radical (unpaired) electrons. The Morgan fingerprint density at radius 1 is 1.00 bits per heavy atom. The quantitative estimate of drug-likeness (QED) is 0.509. The molecule has 32 heavy (non-hydrogen) atoms. The Balaban J connectivity index is 1.67. The van der Waals surface area contributed by atoms with Gasteiger partial charge in [-0.15, -0.1) is 11.3 Å². The maximum absolute atomic E-state index is 13.5. The van der Waals surface area contributed by atoms with Crippen molar-refractivity contribution in [2.45, 2.75) is 50.7 Å². The van der Waals surface area contributed by atoms with Gasteiger partial charge in [0.2, 0.25) is 11.8 Å². The van der Waals surface area contributed by atoms with Crippen LogP contribution in [0.1, 0.15) is 47.7 Å². The number of benzene rings is 2. The third-order valence-corrected chi connectivity index (χ3v) is 6.75. The van der Waals surface area contributed by atoms with Crippen LogP contribution in [0.15, 0.2) is 72.1 Å². The summed E-state index contributed by atoms with van der Waals surface area (Å²) in [6.07, 6.45) is 4.37. The molecular formula is C26H27FN2O2S. The van der Waals surface area contributed by atoms with Crippen LogP contribution in [-0.2, 0) is 22.6 Å². The smallest absolute Gasteiger partial charge is 0.247 e. The molecule has 1 fully saturated rings. The largest absolute Gasteiger partial charge is 0.351 e. The Labute approximate surface area is 192 Å². The fourth-order valence-electron chi connectivity index (χ4n) is 4.23. The molecule has 2 amide bonds. The lowest BCUT2D eigenvalue weighted by molar-refractivity contribution is -0.141. The minimum Gasteiger partial charge on any atom is -0.351 e. The number of thiophene rings is 1. The fraction of sp³-hybridized carbons (Fsp3) is 0.308. The molecule has 0 saturated heterocycles. The third-order valence-electron chi connectivity index (χ3n) is 5.87. The van der Waals surface area contributed by atoms with Gasteiger partial charge in [-0.25, -0.2) is 4.39 Å². The van der Waals surface area contributed by atoms with Gasteiger partial charge in [-0.05, 0) is 47.5 Å². The first kappa shape index (κ1) is 22.2. The Kier molecular flexibility index (Phi) is 7.32. The predicted octanol–water partition coefficient (Wildman–Crippen LogP) is 5.26. The molecule has 1 heterocycles. The van der Waals surface area contributed by atoms with Crippen LogP contribution >= 0.6 is 11.3 Å². The number of carbonyl (C=O) groups excluding carboxylic acids is 2. The zero-order chi connectivity index (χ0) is 22.3. The van der Waals surface area contributed by atoms with Crippen LogP contribution in [0.4, 0.5) is 4.39 Å². The second kappa shape index (κ2) is 10.6. The first-order valence-electron chi connectivity index (χ1n) is 11.0. The van der Waals surface area contributed by atoms with Gasteiger partial charge in [0, 0.05) is 17.5 Å². The molecule has 4 nitrogen and oxygen atoms in total. The van der Waals surface area contributed by atoms with Crippen LogP contribution in [-0.4, -0.2) is 22.8 Å². The Morgan fingerprint density at radius 2 is 1.72 bits per heavy atom. The molecular weight excluding hydrogens is 423 g/mol. The molecule has 0 aliphatic heterocycles. The Hall–Kier alpha value is -2.99. The average molecular weight is 451 g/mol. The summed E-state index contributed by atoms with van der Waals surface area (Å²) in [7, 11) is 0. The van der Waals surface area contributed by atoms with Gasteiger partial charge >= 0.3 is 0 Å². The van der Waals surface area contributed by atoms with Crippen molar-refractivity contribution < 1.29 is 14.0 Å². The zero-order valence-electron chi connectivity index (χ0n) is 17.9. The molecule has 1 N–H and O–H groups in total. The van der Waals surface area contributed by atoms with Crippen LogP contribution in [0.2, 0.25) is 0 Å². The van der Waals surface area contributed by atoms with Crippen LogP contribution in [0.25, 0.3) is 0 Å². The molecule has 1 unspecified atom stereocenters. The number of amides is 2. The lowest BCUT2D eigenvalue weighted by Gasteiger charge is -2.32. The van der Waals surface area contributed by atoms with E-state index in [-0.39, 0.29) is 36.6 Å². The molecule has 1 atom stereocenters. The van der Waals surface area contributed by atoms with E-state index in [9.17, 15) is 14.0 Å². The zero-order valence-corrected chi connectivity index (χ0v) is 18.7. The van der Waals surface area contributed by atoms with E-state index in [2.05, 4.69) is 5.32 Å². The molecule has 1 aliphatic carbocycles. The second-order valence-corrected chi connectivity index (χ2v) is 9.24. The number of halogens is 1. The van der Waals surface area contributed by atoms with Crippen LogP contribution in [0.5, 0.6) is 0 Å². The standard InChI is InChI=1S/C26H27FN2O2S/c27-21-14-12-19(13-15-21)18-29(24(30)17-23-11-6-16-32-23)25(20-7-2-1-3-8-20)26(31)28-22-9-4-5-10-22/h1-3,6-8,11-16,22,25H,4-5,9-10,17-18H2,(H,28,31). The SMILES string of the molecule is O=C(NC1CCCC1)C(c1ccccc1)N(Cc1ccc(F)cc1)C(=O)Cc1cccs1. The summed E-state index contributed by atoms with van der Waals surface area (Å²) in [5.41, 5.74) is 1.55. The number of rotatable bonds is 8. The van der Waals surface area contributed by atoms with E-state index in [0.29, 0.717) is 0 Å². The summed E-state index contributed by atoms with van der Waals surface area (Å²) in [4.78, 5) is 29.6. The van der Waals surface area contributed by atoms with E-state index < -0.39 is 6.04 Å². The molecule has 0 spiro atoms. The van der Waals surface area contributed by atoms with Crippen molar-refractivity contribution in [2.75, 3.05) is 0 Å². The molecule has 0 bridgehead atoms. The van der Waals surface area contributed by atoms with Gasteiger partial charge in [-0.3, -0.25) is 9.59 Å². The highest BCUT2D eigenvalue weighted by Crippen LogP contribution is 2.27. The average Bonchev–Trinajstić information content (AvgIpc) is 3.50. The third kappa shape index (κ3) is 5.62. The maximum Gasteiger partial charge on any atom is 0.247 e. The topological polar surface area (TPSA) is 49.4 Å². The van der Waals surface area contributed by atoms with Gasteiger partial charge in [0.25, 0.3) is 0 Å². The Bertz CT molecular complexity index is 1020. The van der Waals surface area contributed by atoms with Crippen molar-refractivity contribution >= 4 is 23.2 Å². The van der Waals surface area contributed by atoms with E-state index in [1.54, 1.807) is 17.0 Å². The summed E-state index contributed by atoms with van der Waals surface area (Å²) in [5, 5.41) is 5.12. The molecule has 1 saturated carbocycles. The highest BCUT2D eigenvalue weighted by Gasteiger charge is 2.33. The molecule has 3 aromatic rings. The lowest BCUT2D eigenvalue weighted by atomic mass is 10.0.